The highest BCUT2D eigenvalue weighted by molar-refractivity contribution is 5.88. The Kier molecular flexibility index (Phi) is 6.20. The second-order valence-corrected chi connectivity index (χ2v) is 9.00. The van der Waals surface area contributed by atoms with Crippen LogP contribution in [0.15, 0.2) is 85.1 Å². The van der Waals surface area contributed by atoms with Crippen molar-refractivity contribution in [2.24, 2.45) is 0 Å². The zero-order valence-electron chi connectivity index (χ0n) is 20.1. The summed E-state index contributed by atoms with van der Waals surface area (Å²) in [6.45, 7) is 1.76. The van der Waals surface area contributed by atoms with Crippen LogP contribution in [0.3, 0.4) is 0 Å². The van der Waals surface area contributed by atoms with Gasteiger partial charge < -0.3 is 9.84 Å². The third-order valence-electron chi connectivity index (χ3n) is 6.69. The lowest BCUT2D eigenvalue weighted by molar-refractivity contribution is -0.140. The van der Waals surface area contributed by atoms with Crippen molar-refractivity contribution in [2.75, 3.05) is 5.32 Å². The topological polar surface area (TPSA) is 117 Å². The zero-order chi connectivity index (χ0) is 26.0. The molecule has 1 fully saturated rings. The summed E-state index contributed by atoms with van der Waals surface area (Å²) in [5.41, 5.74) is 2.88. The second kappa shape index (κ2) is 9.63. The van der Waals surface area contributed by atoms with Gasteiger partial charge in [-0.25, -0.2) is 9.48 Å². The molecule has 1 unspecified atom stereocenters. The van der Waals surface area contributed by atoms with Gasteiger partial charge in [-0.1, -0.05) is 72.8 Å². The van der Waals surface area contributed by atoms with E-state index in [0.29, 0.717) is 24.1 Å². The number of ether oxygens (including phenoxy) is 1. The molecule has 1 aromatic heterocycles. The number of benzene rings is 3. The number of nitrogens with one attached hydrogen (secondary N) is 1. The Morgan fingerprint density at radius 3 is 2.38 bits per heavy atom. The molecule has 1 heterocycles. The highest BCUT2D eigenvalue weighted by atomic mass is 16.6. The standard InChI is InChI=1S/C29H24N4O4/c1-19(20-8-4-2-5-9-20)37-28(36)32-26-22(17-30)18-31-33(26)25-16-23(29(14-15-29)27(34)35)12-13-24(25)21-10-6-3-7-11-21/h2-13,16,18-19H,14-15H2,1H3,(H,32,36)(H,34,35). The predicted molar refractivity (Wildman–Crippen MR) is 137 cm³/mol. The molecule has 184 valence electrons. The number of hydrogen-bond acceptors (Lipinski definition) is 5. The van der Waals surface area contributed by atoms with E-state index in [1.54, 1.807) is 13.0 Å². The number of aliphatic carboxylic acids is 1. The third-order valence-corrected chi connectivity index (χ3v) is 6.69. The Hall–Kier alpha value is -4.90. The van der Waals surface area contributed by atoms with Crippen LogP contribution in [-0.2, 0) is 14.9 Å². The molecule has 1 atom stereocenters. The molecular weight excluding hydrogens is 468 g/mol. The number of nitrogens with zero attached hydrogens (tertiary/aromatic N) is 3. The second-order valence-electron chi connectivity index (χ2n) is 9.00. The molecule has 8 heteroatoms. The number of aromatic nitrogens is 2. The van der Waals surface area contributed by atoms with Crippen LogP contribution in [0.25, 0.3) is 16.8 Å². The van der Waals surface area contributed by atoms with Gasteiger partial charge in [0.15, 0.2) is 5.82 Å². The van der Waals surface area contributed by atoms with Gasteiger partial charge in [0.2, 0.25) is 0 Å². The Bertz CT molecular complexity index is 1500. The van der Waals surface area contributed by atoms with Crippen LogP contribution in [0.1, 0.15) is 42.6 Å². The van der Waals surface area contributed by atoms with Crippen LogP contribution in [0.5, 0.6) is 0 Å². The van der Waals surface area contributed by atoms with Crippen molar-refractivity contribution in [3.05, 3.63) is 102 Å². The zero-order valence-corrected chi connectivity index (χ0v) is 20.1. The fraction of sp³-hybridized carbons (Fsp3) is 0.172. The minimum atomic E-state index is -0.938. The van der Waals surface area contributed by atoms with Gasteiger partial charge in [0.1, 0.15) is 17.7 Å². The number of amides is 1. The summed E-state index contributed by atoms with van der Waals surface area (Å²) in [6.07, 6.45) is 1.20. The first-order valence-electron chi connectivity index (χ1n) is 11.9. The predicted octanol–water partition coefficient (Wildman–Crippen LogP) is 5.84. The minimum Gasteiger partial charge on any atom is -0.481 e. The number of carbonyl (C=O) groups excluding carboxylic acids is 1. The van der Waals surface area contributed by atoms with E-state index < -0.39 is 23.6 Å². The molecule has 1 amide bonds. The van der Waals surface area contributed by atoms with Crippen molar-refractivity contribution in [1.82, 2.24) is 9.78 Å². The highest BCUT2D eigenvalue weighted by Gasteiger charge is 2.52. The molecular formula is C29H24N4O4. The summed E-state index contributed by atoms with van der Waals surface area (Å²) in [5.74, 6) is -0.733. The molecule has 1 aliphatic rings. The molecule has 0 spiro atoms. The number of carboxylic acid groups (broad SMARTS) is 1. The molecule has 5 rings (SSSR count). The van der Waals surface area contributed by atoms with Crippen molar-refractivity contribution in [3.8, 4) is 22.9 Å². The summed E-state index contributed by atoms with van der Waals surface area (Å²) in [6, 6.07) is 26.4. The van der Waals surface area contributed by atoms with Gasteiger partial charge in [0, 0.05) is 5.56 Å². The van der Waals surface area contributed by atoms with Gasteiger partial charge in [-0.15, -0.1) is 0 Å². The molecule has 0 aliphatic heterocycles. The van der Waals surface area contributed by atoms with Crippen LogP contribution in [0.4, 0.5) is 10.6 Å². The molecule has 3 aromatic carbocycles. The maximum atomic E-state index is 12.9. The molecule has 1 aliphatic carbocycles. The minimum absolute atomic E-state index is 0.141. The fourth-order valence-electron chi connectivity index (χ4n) is 4.43. The molecule has 1 saturated carbocycles. The van der Waals surface area contributed by atoms with E-state index >= 15 is 0 Å². The molecule has 2 N–H and O–H groups in total. The fourth-order valence-corrected chi connectivity index (χ4v) is 4.43. The lowest BCUT2D eigenvalue weighted by Gasteiger charge is -2.18. The summed E-state index contributed by atoms with van der Waals surface area (Å²) in [7, 11) is 0. The van der Waals surface area contributed by atoms with Crippen molar-refractivity contribution >= 4 is 17.9 Å². The van der Waals surface area contributed by atoms with Crippen LogP contribution < -0.4 is 5.32 Å². The van der Waals surface area contributed by atoms with E-state index in [9.17, 15) is 20.0 Å². The van der Waals surface area contributed by atoms with Gasteiger partial charge >= 0.3 is 12.1 Å². The third kappa shape index (κ3) is 4.55. The van der Waals surface area contributed by atoms with Gasteiger partial charge in [-0.2, -0.15) is 10.4 Å². The monoisotopic (exact) mass is 492 g/mol. The molecule has 0 saturated heterocycles. The molecule has 8 nitrogen and oxygen atoms in total. The smallest absolute Gasteiger partial charge is 0.413 e. The average Bonchev–Trinajstić information content (AvgIpc) is 3.65. The van der Waals surface area contributed by atoms with Crippen LogP contribution in [-0.4, -0.2) is 26.9 Å². The summed E-state index contributed by atoms with van der Waals surface area (Å²) in [5, 5.41) is 26.7. The Labute approximate surface area is 213 Å². The van der Waals surface area contributed by atoms with Gasteiger partial charge in [-0.3, -0.25) is 10.1 Å². The number of hydrogen-bond donors (Lipinski definition) is 2. The summed E-state index contributed by atoms with van der Waals surface area (Å²) in [4.78, 5) is 24.9. The van der Waals surface area contributed by atoms with Crippen LogP contribution >= 0.6 is 0 Å². The van der Waals surface area contributed by atoms with E-state index in [-0.39, 0.29) is 11.4 Å². The van der Waals surface area contributed by atoms with E-state index in [2.05, 4.69) is 16.5 Å². The van der Waals surface area contributed by atoms with Crippen molar-refractivity contribution < 1.29 is 19.4 Å². The summed E-state index contributed by atoms with van der Waals surface area (Å²) < 4.78 is 7.01. The number of carbonyl (C=O) groups is 2. The van der Waals surface area contributed by atoms with E-state index in [1.807, 2.05) is 72.8 Å². The molecule has 4 aromatic rings. The SMILES string of the molecule is CC(OC(=O)Nc1c(C#N)cnn1-c1cc(C2(C(=O)O)CC2)ccc1-c1ccccc1)c1ccccc1. The maximum Gasteiger partial charge on any atom is 0.413 e. The number of rotatable bonds is 7. The lowest BCUT2D eigenvalue weighted by Crippen LogP contribution is -2.21. The van der Waals surface area contributed by atoms with Crippen molar-refractivity contribution in [3.63, 3.8) is 0 Å². The lowest BCUT2D eigenvalue weighted by atomic mass is 9.92. The maximum absolute atomic E-state index is 12.9. The van der Waals surface area contributed by atoms with Crippen molar-refractivity contribution in [1.29, 1.82) is 5.26 Å². The number of carboxylic acids is 1. The first-order chi connectivity index (χ1) is 17.9. The van der Waals surface area contributed by atoms with E-state index in [4.69, 9.17) is 4.74 Å². The molecule has 0 radical (unpaired) electrons. The average molecular weight is 493 g/mol. The van der Waals surface area contributed by atoms with Gasteiger partial charge in [0.05, 0.1) is 17.3 Å². The quantitative estimate of drug-likeness (QED) is 0.335. The van der Waals surface area contributed by atoms with Crippen molar-refractivity contribution in [2.45, 2.75) is 31.3 Å². The largest absolute Gasteiger partial charge is 0.481 e. The first kappa shape index (κ1) is 23.8. The first-order valence-corrected chi connectivity index (χ1v) is 11.9. The Morgan fingerprint density at radius 2 is 1.76 bits per heavy atom. The Morgan fingerprint density at radius 1 is 1.08 bits per heavy atom. The normalized spacial score (nSPS) is 14.3. The van der Waals surface area contributed by atoms with Crippen LogP contribution in [0.2, 0.25) is 0 Å². The Balaban J connectivity index is 1.55. The highest BCUT2D eigenvalue weighted by Crippen LogP contribution is 2.49. The van der Waals surface area contributed by atoms with E-state index in [0.717, 1.165) is 16.7 Å². The number of anilines is 1. The molecule has 37 heavy (non-hydrogen) atoms. The van der Waals surface area contributed by atoms with Crippen LogP contribution in [0, 0.1) is 11.3 Å². The van der Waals surface area contributed by atoms with Gasteiger partial charge in [-0.05, 0) is 42.5 Å². The molecule has 0 bridgehead atoms. The summed E-state index contributed by atoms with van der Waals surface area (Å²) >= 11 is 0. The van der Waals surface area contributed by atoms with E-state index in [1.165, 1.54) is 10.9 Å². The number of nitriles is 1. The van der Waals surface area contributed by atoms with Gasteiger partial charge in [0.25, 0.3) is 0 Å².